The van der Waals surface area contributed by atoms with Gasteiger partial charge in [-0.3, -0.25) is 0 Å². The van der Waals surface area contributed by atoms with Gasteiger partial charge < -0.3 is 10.6 Å². The third-order valence-electron chi connectivity index (χ3n) is 2.60. The molecule has 0 spiro atoms. The van der Waals surface area contributed by atoms with Gasteiger partial charge in [0.2, 0.25) is 0 Å². The van der Waals surface area contributed by atoms with Crippen molar-refractivity contribution in [3.63, 3.8) is 0 Å². The zero-order valence-electron chi connectivity index (χ0n) is 9.63. The Morgan fingerprint density at radius 1 is 1.33 bits per heavy atom. The number of halogens is 1. The summed E-state index contributed by atoms with van der Waals surface area (Å²) in [5.74, 6) is 0. The standard InChI is InChI=1S/C12H19BrN2/c1-4-15(5-2)12-7-6-10(9(3)14)8-11(12)13/h6-9H,4-5,14H2,1-3H3/t9-/m1/s1. The van der Waals surface area contributed by atoms with Crippen LogP contribution < -0.4 is 10.6 Å². The third kappa shape index (κ3) is 2.95. The molecule has 0 aliphatic carbocycles. The van der Waals surface area contributed by atoms with E-state index in [4.69, 9.17) is 5.73 Å². The monoisotopic (exact) mass is 270 g/mol. The van der Waals surface area contributed by atoms with Crippen molar-refractivity contribution in [2.45, 2.75) is 26.8 Å². The van der Waals surface area contributed by atoms with Crippen molar-refractivity contribution in [2.24, 2.45) is 5.73 Å². The first kappa shape index (κ1) is 12.5. The molecular formula is C12H19BrN2. The van der Waals surface area contributed by atoms with Crippen LogP contribution in [-0.4, -0.2) is 13.1 Å². The number of rotatable bonds is 4. The molecule has 15 heavy (non-hydrogen) atoms. The van der Waals surface area contributed by atoms with Gasteiger partial charge >= 0.3 is 0 Å². The molecule has 0 bridgehead atoms. The predicted molar refractivity (Wildman–Crippen MR) is 70.3 cm³/mol. The molecule has 1 atom stereocenters. The predicted octanol–water partition coefficient (Wildman–Crippen LogP) is 3.32. The second-order valence-corrected chi connectivity index (χ2v) is 4.53. The summed E-state index contributed by atoms with van der Waals surface area (Å²) in [6.45, 7) is 8.36. The average Bonchev–Trinajstić information content (AvgIpc) is 2.21. The quantitative estimate of drug-likeness (QED) is 0.910. The molecule has 1 aromatic carbocycles. The molecule has 2 N–H and O–H groups in total. The molecule has 0 aliphatic heterocycles. The smallest absolute Gasteiger partial charge is 0.0510 e. The first-order chi connectivity index (χ1) is 7.10. The largest absolute Gasteiger partial charge is 0.371 e. The lowest BCUT2D eigenvalue weighted by molar-refractivity contribution is 0.813. The van der Waals surface area contributed by atoms with Gasteiger partial charge in [0, 0.05) is 23.6 Å². The van der Waals surface area contributed by atoms with Crippen molar-refractivity contribution >= 4 is 21.6 Å². The van der Waals surface area contributed by atoms with Crippen molar-refractivity contribution in [2.75, 3.05) is 18.0 Å². The summed E-state index contributed by atoms with van der Waals surface area (Å²) >= 11 is 3.60. The zero-order chi connectivity index (χ0) is 11.4. The Hall–Kier alpha value is -0.540. The van der Waals surface area contributed by atoms with E-state index in [0.29, 0.717) is 0 Å². The molecule has 2 nitrogen and oxygen atoms in total. The van der Waals surface area contributed by atoms with E-state index in [9.17, 15) is 0 Å². The van der Waals surface area contributed by atoms with Crippen molar-refractivity contribution in [1.82, 2.24) is 0 Å². The summed E-state index contributed by atoms with van der Waals surface area (Å²) in [5, 5.41) is 0. The fraction of sp³-hybridized carbons (Fsp3) is 0.500. The Labute approximate surface area is 101 Å². The van der Waals surface area contributed by atoms with Crippen molar-refractivity contribution in [1.29, 1.82) is 0 Å². The fourth-order valence-electron chi connectivity index (χ4n) is 1.63. The molecule has 84 valence electrons. The molecule has 0 amide bonds. The van der Waals surface area contributed by atoms with Gasteiger partial charge in [-0.1, -0.05) is 6.07 Å². The number of hydrogen-bond acceptors (Lipinski definition) is 2. The van der Waals surface area contributed by atoms with Crippen LogP contribution in [0, 0.1) is 0 Å². The molecule has 0 heterocycles. The van der Waals surface area contributed by atoms with E-state index >= 15 is 0 Å². The van der Waals surface area contributed by atoms with Gasteiger partial charge in [-0.2, -0.15) is 0 Å². The number of hydrogen-bond donors (Lipinski definition) is 1. The molecule has 1 rings (SSSR count). The van der Waals surface area contributed by atoms with Gasteiger partial charge in [0.25, 0.3) is 0 Å². The maximum Gasteiger partial charge on any atom is 0.0510 e. The summed E-state index contributed by atoms with van der Waals surface area (Å²) in [6.07, 6.45) is 0. The molecule has 0 saturated carbocycles. The minimum atomic E-state index is 0.0899. The van der Waals surface area contributed by atoms with Gasteiger partial charge in [0.05, 0.1) is 5.69 Å². The summed E-state index contributed by atoms with van der Waals surface area (Å²) in [7, 11) is 0. The van der Waals surface area contributed by atoms with E-state index in [0.717, 1.165) is 23.1 Å². The third-order valence-corrected chi connectivity index (χ3v) is 3.24. The Balaban J connectivity index is 3.02. The van der Waals surface area contributed by atoms with Crippen LogP contribution in [0.25, 0.3) is 0 Å². The lowest BCUT2D eigenvalue weighted by Crippen LogP contribution is -2.22. The molecule has 0 aromatic heterocycles. The highest BCUT2D eigenvalue weighted by Crippen LogP contribution is 2.28. The van der Waals surface area contributed by atoms with E-state index in [1.807, 2.05) is 6.92 Å². The van der Waals surface area contributed by atoms with Crippen molar-refractivity contribution in [3.05, 3.63) is 28.2 Å². The van der Waals surface area contributed by atoms with Crippen LogP contribution in [0.1, 0.15) is 32.4 Å². The maximum absolute atomic E-state index is 5.84. The Morgan fingerprint density at radius 2 is 1.93 bits per heavy atom. The Kier molecular flexibility index (Phi) is 4.61. The highest BCUT2D eigenvalue weighted by atomic mass is 79.9. The zero-order valence-corrected chi connectivity index (χ0v) is 11.2. The normalized spacial score (nSPS) is 12.6. The van der Waals surface area contributed by atoms with Gasteiger partial charge in [0.15, 0.2) is 0 Å². The molecule has 3 heteroatoms. The minimum Gasteiger partial charge on any atom is -0.371 e. The maximum atomic E-state index is 5.84. The van der Waals surface area contributed by atoms with E-state index < -0.39 is 0 Å². The SMILES string of the molecule is CCN(CC)c1ccc([C@@H](C)N)cc1Br. The molecular weight excluding hydrogens is 252 g/mol. The average molecular weight is 271 g/mol. The summed E-state index contributed by atoms with van der Waals surface area (Å²) in [6, 6.07) is 6.43. The highest BCUT2D eigenvalue weighted by molar-refractivity contribution is 9.10. The first-order valence-electron chi connectivity index (χ1n) is 5.40. The van der Waals surface area contributed by atoms with Crippen molar-refractivity contribution < 1.29 is 0 Å². The van der Waals surface area contributed by atoms with Crippen LogP contribution >= 0.6 is 15.9 Å². The molecule has 0 unspecified atom stereocenters. The number of nitrogens with zero attached hydrogens (tertiary/aromatic N) is 1. The van der Waals surface area contributed by atoms with Gasteiger partial charge in [-0.05, 0) is 54.4 Å². The Bertz CT molecular complexity index is 319. The molecule has 0 fully saturated rings. The second-order valence-electron chi connectivity index (χ2n) is 3.67. The lowest BCUT2D eigenvalue weighted by atomic mass is 10.1. The topological polar surface area (TPSA) is 29.3 Å². The molecule has 0 radical (unpaired) electrons. The van der Waals surface area contributed by atoms with E-state index in [2.05, 4.69) is 52.9 Å². The van der Waals surface area contributed by atoms with E-state index in [1.54, 1.807) is 0 Å². The summed E-state index contributed by atoms with van der Waals surface area (Å²) in [4.78, 5) is 2.31. The number of anilines is 1. The van der Waals surface area contributed by atoms with E-state index in [1.165, 1.54) is 5.69 Å². The molecule has 0 aliphatic rings. The van der Waals surface area contributed by atoms with Crippen LogP contribution in [0.2, 0.25) is 0 Å². The van der Waals surface area contributed by atoms with Crippen LogP contribution in [-0.2, 0) is 0 Å². The second kappa shape index (κ2) is 5.52. The van der Waals surface area contributed by atoms with Gasteiger partial charge in [-0.15, -0.1) is 0 Å². The number of benzene rings is 1. The van der Waals surface area contributed by atoms with Crippen LogP contribution in [0.4, 0.5) is 5.69 Å². The van der Waals surface area contributed by atoms with Crippen molar-refractivity contribution in [3.8, 4) is 0 Å². The van der Waals surface area contributed by atoms with Crippen LogP contribution in [0.5, 0.6) is 0 Å². The lowest BCUT2D eigenvalue weighted by Gasteiger charge is -2.23. The Morgan fingerprint density at radius 3 is 2.33 bits per heavy atom. The molecule has 1 aromatic rings. The summed E-state index contributed by atoms with van der Waals surface area (Å²) in [5.41, 5.74) is 8.24. The molecule has 0 saturated heterocycles. The van der Waals surface area contributed by atoms with Gasteiger partial charge in [0.1, 0.15) is 0 Å². The summed E-state index contributed by atoms with van der Waals surface area (Å²) < 4.78 is 1.13. The van der Waals surface area contributed by atoms with E-state index in [-0.39, 0.29) is 6.04 Å². The highest BCUT2D eigenvalue weighted by Gasteiger charge is 2.08. The minimum absolute atomic E-state index is 0.0899. The first-order valence-corrected chi connectivity index (χ1v) is 6.19. The van der Waals surface area contributed by atoms with Crippen LogP contribution in [0.15, 0.2) is 22.7 Å². The van der Waals surface area contributed by atoms with Gasteiger partial charge in [-0.25, -0.2) is 0 Å². The van der Waals surface area contributed by atoms with Crippen LogP contribution in [0.3, 0.4) is 0 Å². The fourth-order valence-corrected chi connectivity index (χ4v) is 2.27. The number of nitrogens with two attached hydrogens (primary N) is 1.